The average Bonchev–Trinajstić information content (AvgIpc) is 3.01. The highest BCUT2D eigenvalue weighted by Gasteiger charge is 2.35. The van der Waals surface area contributed by atoms with Crippen molar-refractivity contribution < 1.29 is 18.5 Å². The van der Waals surface area contributed by atoms with Gasteiger partial charge in [-0.15, -0.1) is 11.3 Å². The topological polar surface area (TPSA) is 36.9 Å². The van der Waals surface area contributed by atoms with Gasteiger partial charge >= 0.3 is 0 Å². The summed E-state index contributed by atoms with van der Waals surface area (Å²) in [5, 5.41) is 1.24. The van der Waals surface area contributed by atoms with Crippen molar-refractivity contribution in [2.24, 2.45) is 0 Å². The van der Waals surface area contributed by atoms with Crippen molar-refractivity contribution >= 4 is 34.4 Å². The number of hydrogen-bond acceptors (Lipinski definition) is 5. The molecule has 0 N–H and O–H groups in total. The smallest absolute Gasteiger partial charge is 0.216 e. The van der Waals surface area contributed by atoms with Gasteiger partial charge in [0, 0.05) is 4.70 Å². The Balaban J connectivity index is 1.58. The molecule has 6 heteroatoms. The first kappa shape index (κ1) is 12.2. The summed E-state index contributed by atoms with van der Waals surface area (Å²) in [6.45, 7) is 1.44. The van der Waals surface area contributed by atoms with Crippen LogP contribution in [0.5, 0.6) is 0 Å². The molecule has 4 nitrogen and oxygen atoms in total. The third-order valence-corrected chi connectivity index (χ3v) is 6.18. The largest absolute Gasteiger partial charge is 0.347 e. The SMILES string of the molecule is c1ccc2sc(P3OCC4OCOC4CO3)cc2c1. The molecular formula is C13H13O4PS. The minimum atomic E-state index is -1.01. The lowest BCUT2D eigenvalue weighted by atomic mass is 10.2. The first-order valence-electron chi connectivity index (χ1n) is 6.18. The number of benzene rings is 1. The second kappa shape index (κ2) is 5.09. The second-order valence-electron chi connectivity index (χ2n) is 4.50. The minimum absolute atomic E-state index is 0.0156. The van der Waals surface area contributed by atoms with Gasteiger partial charge in [-0.05, 0) is 17.5 Å². The Morgan fingerprint density at radius 1 is 1.05 bits per heavy atom. The van der Waals surface area contributed by atoms with Gasteiger partial charge in [-0.3, -0.25) is 0 Å². The van der Waals surface area contributed by atoms with Gasteiger partial charge in [0.05, 0.1) is 17.8 Å². The zero-order valence-corrected chi connectivity index (χ0v) is 11.9. The summed E-state index contributed by atoms with van der Waals surface area (Å²) in [5.41, 5.74) is 0. The van der Waals surface area contributed by atoms with Crippen LogP contribution in [0, 0.1) is 0 Å². The molecule has 0 spiro atoms. The van der Waals surface area contributed by atoms with Crippen LogP contribution in [0.3, 0.4) is 0 Å². The molecule has 0 radical (unpaired) electrons. The molecule has 0 bridgehead atoms. The molecule has 0 aliphatic carbocycles. The Hall–Kier alpha value is -0.550. The van der Waals surface area contributed by atoms with Gasteiger partial charge in [0.1, 0.15) is 19.0 Å². The summed E-state index contributed by atoms with van der Waals surface area (Å²) >= 11 is 1.74. The summed E-state index contributed by atoms with van der Waals surface area (Å²) in [6, 6.07) is 10.5. The van der Waals surface area contributed by atoms with E-state index in [9.17, 15) is 0 Å². The molecule has 1 aromatic heterocycles. The first-order valence-corrected chi connectivity index (χ1v) is 8.17. The molecular weight excluding hydrogens is 283 g/mol. The number of fused-ring (bicyclic) bond motifs is 2. The molecule has 0 saturated carbocycles. The van der Waals surface area contributed by atoms with Crippen LogP contribution in [0.1, 0.15) is 0 Å². The molecule has 19 heavy (non-hydrogen) atoms. The Morgan fingerprint density at radius 3 is 2.53 bits per heavy atom. The summed E-state index contributed by atoms with van der Waals surface area (Å²) < 4.78 is 25.1. The van der Waals surface area contributed by atoms with E-state index in [0.717, 1.165) is 4.62 Å². The van der Waals surface area contributed by atoms with E-state index in [1.165, 1.54) is 10.1 Å². The van der Waals surface area contributed by atoms with Crippen LogP contribution in [-0.4, -0.2) is 32.2 Å². The van der Waals surface area contributed by atoms with Crippen LogP contribution >= 0.6 is 19.7 Å². The molecule has 2 aliphatic rings. The summed E-state index contributed by atoms with van der Waals surface area (Å²) in [7, 11) is -1.01. The van der Waals surface area contributed by atoms with E-state index >= 15 is 0 Å². The van der Waals surface area contributed by atoms with Gasteiger partial charge in [-0.2, -0.15) is 0 Å². The maximum atomic E-state index is 5.88. The van der Waals surface area contributed by atoms with Crippen molar-refractivity contribution in [1.82, 2.24) is 0 Å². The van der Waals surface area contributed by atoms with Crippen molar-refractivity contribution in [2.45, 2.75) is 12.2 Å². The Morgan fingerprint density at radius 2 is 1.79 bits per heavy atom. The quantitative estimate of drug-likeness (QED) is 0.758. The van der Waals surface area contributed by atoms with Gasteiger partial charge in [-0.25, -0.2) is 0 Å². The van der Waals surface area contributed by atoms with E-state index in [0.29, 0.717) is 20.0 Å². The molecule has 2 fully saturated rings. The van der Waals surface area contributed by atoms with Crippen LogP contribution in [0.25, 0.3) is 10.1 Å². The predicted octanol–water partition coefficient (Wildman–Crippen LogP) is 2.63. The average molecular weight is 296 g/mol. The third kappa shape index (κ3) is 2.31. The molecule has 1 aromatic carbocycles. The van der Waals surface area contributed by atoms with E-state index < -0.39 is 8.38 Å². The highest BCUT2D eigenvalue weighted by atomic mass is 32.1. The lowest BCUT2D eigenvalue weighted by Crippen LogP contribution is -2.27. The van der Waals surface area contributed by atoms with Crippen molar-refractivity contribution in [3.63, 3.8) is 0 Å². The zero-order chi connectivity index (χ0) is 12.7. The van der Waals surface area contributed by atoms with E-state index in [-0.39, 0.29) is 12.2 Å². The van der Waals surface area contributed by atoms with E-state index in [1.807, 2.05) is 6.07 Å². The fourth-order valence-electron chi connectivity index (χ4n) is 2.24. The summed E-state index contributed by atoms with van der Waals surface area (Å²) in [6.07, 6.45) is 0.0313. The lowest BCUT2D eigenvalue weighted by Gasteiger charge is -2.12. The molecule has 2 atom stereocenters. The molecule has 4 rings (SSSR count). The molecule has 100 valence electrons. The highest BCUT2D eigenvalue weighted by molar-refractivity contribution is 7.64. The molecule has 0 amide bonds. The first-order chi connectivity index (χ1) is 9.40. The van der Waals surface area contributed by atoms with Gasteiger partial charge in [0.25, 0.3) is 0 Å². The maximum Gasteiger partial charge on any atom is 0.216 e. The summed E-state index contributed by atoms with van der Waals surface area (Å²) in [4.78, 5) is 0. The fourth-order valence-corrected chi connectivity index (χ4v) is 5.09. The molecule has 2 saturated heterocycles. The maximum absolute atomic E-state index is 5.88. The molecule has 3 heterocycles. The van der Waals surface area contributed by atoms with E-state index in [1.54, 1.807) is 11.3 Å². The summed E-state index contributed by atoms with van der Waals surface area (Å²) in [5.74, 6) is 0. The van der Waals surface area contributed by atoms with Crippen LogP contribution in [0.15, 0.2) is 30.3 Å². The van der Waals surface area contributed by atoms with Crippen LogP contribution in [0.4, 0.5) is 0 Å². The van der Waals surface area contributed by atoms with Gasteiger partial charge in [0.15, 0.2) is 0 Å². The monoisotopic (exact) mass is 296 g/mol. The van der Waals surface area contributed by atoms with Crippen molar-refractivity contribution in [3.8, 4) is 0 Å². The van der Waals surface area contributed by atoms with Crippen LogP contribution in [0.2, 0.25) is 0 Å². The number of rotatable bonds is 1. The zero-order valence-electron chi connectivity index (χ0n) is 10.2. The third-order valence-electron chi connectivity index (χ3n) is 3.28. The standard InChI is InChI=1S/C13H13O4PS/c1-2-4-12-9(3-1)5-13(19-12)18-16-6-10-11(7-17-18)15-8-14-10/h1-5,10-11H,6-8H2. The fraction of sp³-hybridized carbons (Fsp3) is 0.385. The molecule has 2 aliphatic heterocycles. The Labute approximate surface area is 116 Å². The van der Waals surface area contributed by atoms with Crippen LogP contribution in [-0.2, 0) is 18.5 Å². The minimum Gasteiger partial charge on any atom is -0.347 e. The van der Waals surface area contributed by atoms with E-state index in [4.69, 9.17) is 18.5 Å². The number of thiophene rings is 1. The number of ether oxygens (including phenoxy) is 2. The van der Waals surface area contributed by atoms with Gasteiger partial charge in [-0.1, -0.05) is 18.2 Å². The van der Waals surface area contributed by atoms with E-state index in [2.05, 4.69) is 24.3 Å². The van der Waals surface area contributed by atoms with Gasteiger partial charge < -0.3 is 18.5 Å². The van der Waals surface area contributed by atoms with Crippen LogP contribution < -0.4 is 4.62 Å². The highest BCUT2D eigenvalue weighted by Crippen LogP contribution is 2.44. The Bertz CT molecular complexity index is 540. The molecule has 2 unspecified atom stereocenters. The van der Waals surface area contributed by atoms with Crippen molar-refractivity contribution in [1.29, 1.82) is 0 Å². The second-order valence-corrected chi connectivity index (χ2v) is 7.40. The van der Waals surface area contributed by atoms with Gasteiger partial charge in [0.2, 0.25) is 8.38 Å². The van der Waals surface area contributed by atoms with Crippen molar-refractivity contribution in [2.75, 3.05) is 20.0 Å². The Kier molecular flexibility index (Phi) is 3.27. The normalized spacial score (nSPS) is 31.3. The lowest BCUT2D eigenvalue weighted by molar-refractivity contribution is 0.0212. The molecule has 2 aromatic rings. The predicted molar refractivity (Wildman–Crippen MR) is 74.9 cm³/mol. The number of hydrogen-bond donors (Lipinski definition) is 0. The van der Waals surface area contributed by atoms with Crippen molar-refractivity contribution in [3.05, 3.63) is 30.3 Å².